The third kappa shape index (κ3) is 5.06. The third-order valence-electron chi connectivity index (χ3n) is 6.72. The van der Waals surface area contributed by atoms with E-state index in [4.69, 9.17) is 23.7 Å². The molecule has 0 amide bonds. The van der Waals surface area contributed by atoms with Crippen LogP contribution in [0.25, 0.3) is 0 Å². The molecule has 194 valence electrons. The van der Waals surface area contributed by atoms with Crippen molar-refractivity contribution in [3.8, 4) is 0 Å². The number of aliphatic hydroxyl groups excluding tert-OH is 1. The summed E-state index contributed by atoms with van der Waals surface area (Å²) in [6.07, 6.45) is -4.29. The highest BCUT2D eigenvalue weighted by molar-refractivity contribution is 5.66. The van der Waals surface area contributed by atoms with Crippen LogP contribution >= 0.6 is 0 Å². The highest BCUT2D eigenvalue weighted by Crippen LogP contribution is 2.42. The van der Waals surface area contributed by atoms with Crippen LogP contribution in [0.5, 0.6) is 0 Å². The van der Waals surface area contributed by atoms with Gasteiger partial charge in [-0.1, -0.05) is 91.0 Å². The summed E-state index contributed by atoms with van der Waals surface area (Å²) in [5, 5.41) is 11.4. The van der Waals surface area contributed by atoms with E-state index in [1.54, 1.807) is 13.8 Å². The second-order valence-corrected chi connectivity index (χ2v) is 9.80. The number of fused-ring (bicyclic) bond motifs is 1. The lowest BCUT2D eigenvalue weighted by Gasteiger charge is -2.37. The fourth-order valence-corrected chi connectivity index (χ4v) is 5.21. The third-order valence-corrected chi connectivity index (χ3v) is 6.72. The molecule has 0 saturated carbocycles. The monoisotopic (exact) mass is 504 g/mol. The molecule has 37 heavy (non-hydrogen) atoms. The summed E-state index contributed by atoms with van der Waals surface area (Å²) in [7, 11) is 0. The predicted octanol–water partition coefficient (Wildman–Crippen LogP) is 4.16. The van der Waals surface area contributed by atoms with Gasteiger partial charge in [0.05, 0.1) is 6.61 Å². The van der Waals surface area contributed by atoms with E-state index in [1.807, 2.05) is 91.0 Å². The first-order valence-electron chi connectivity index (χ1n) is 12.5. The molecule has 5 atom stereocenters. The SMILES string of the molecule is CC(=O)O[C@@H]1[C@H]2OC(C)(C)O[C@H]2O[C@H]1C(O)COC(c1ccccc1)(c1ccccc1)c1ccccc1. The van der Waals surface area contributed by atoms with Gasteiger partial charge in [-0.15, -0.1) is 0 Å². The molecule has 1 unspecified atom stereocenters. The fourth-order valence-electron chi connectivity index (χ4n) is 5.21. The number of carbonyl (C=O) groups is 1. The van der Waals surface area contributed by atoms with Gasteiger partial charge in [0.25, 0.3) is 0 Å². The van der Waals surface area contributed by atoms with Crippen molar-refractivity contribution in [1.82, 2.24) is 0 Å². The molecule has 7 heteroatoms. The molecule has 2 saturated heterocycles. The van der Waals surface area contributed by atoms with Crippen LogP contribution in [0.15, 0.2) is 91.0 Å². The van der Waals surface area contributed by atoms with Gasteiger partial charge in [0.1, 0.15) is 17.8 Å². The summed E-state index contributed by atoms with van der Waals surface area (Å²) in [4.78, 5) is 11.9. The van der Waals surface area contributed by atoms with Gasteiger partial charge in [0, 0.05) is 6.92 Å². The standard InChI is InChI=1S/C30H32O7/c1-20(31)34-26-25(35-28-27(26)36-29(2,3)37-28)24(32)19-33-30(21-13-7-4-8-14-21,22-15-9-5-10-16-22)23-17-11-6-12-18-23/h4-18,24-28,32H,19H2,1-3H3/t24?,25-,26-,27+,28+/m0/s1. The van der Waals surface area contributed by atoms with Gasteiger partial charge in [0.15, 0.2) is 24.3 Å². The van der Waals surface area contributed by atoms with E-state index in [0.717, 1.165) is 16.7 Å². The van der Waals surface area contributed by atoms with Crippen LogP contribution < -0.4 is 0 Å². The van der Waals surface area contributed by atoms with E-state index in [0.29, 0.717) is 0 Å². The van der Waals surface area contributed by atoms with E-state index < -0.39 is 48.1 Å². The number of aliphatic hydroxyl groups is 1. The molecule has 0 radical (unpaired) electrons. The maximum absolute atomic E-state index is 11.9. The summed E-state index contributed by atoms with van der Waals surface area (Å²) < 4.78 is 30.1. The maximum atomic E-state index is 11.9. The minimum absolute atomic E-state index is 0.107. The van der Waals surface area contributed by atoms with Crippen molar-refractivity contribution < 1.29 is 33.6 Å². The Morgan fingerprint density at radius 3 is 1.84 bits per heavy atom. The second kappa shape index (κ2) is 10.4. The van der Waals surface area contributed by atoms with Crippen LogP contribution in [0.1, 0.15) is 37.5 Å². The lowest BCUT2D eigenvalue weighted by Crippen LogP contribution is -2.46. The minimum atomic E-state index is -1.14. The molecule has 3 aromatic rings. The number of rotatable bonds is 8. The van der Waals surface area contributed by atoms with Crippen LogP contribution in [0.4, 0.5) is 0 Å². The van der Waals surface area contributed by atoms with Gasteiger partial charge in [-0.2, -0.15) is 0 Å². The highest BCUT2D eigenvalue weighted by Gasteiger charge is 2.58. The summed E-state index contributed by atoms with van der Waals surface area (Å²) in [5.74, 6) is -1.38. The molecule has 2 heterocycles. The Balaban J connectivity index is 1.48. The molecule has 0 aromatic heterocycles. The summed E-state index contributed by atoms with van der Waals surface area (Å²) in [6, 6.07) is 29.7. The zero-order valence-electron chi connectivity index (χ0n) is 21.2. The Kier molecular flexibility index (Phi) is 7.16. The van der Waals surface area contributed by atoms with Crippen LogP contribution in [-0.4, -0.2) is 54.2 Å². The first kappa shape index (κ1) is 25.6. The molecule has 1 N–H and O–H groups in total. The number of carbonyl (C=O) groups excluding carboxylic acids is 1. The van der Waals surface area contributed by atoms with Gasteiger partial charge >= 0.3 is 5.97 Å². The fraction of sp³-hybridized carbons (Fsp3) is 0.367. The van der Waals surface area contributed by atoms with Crippen molar-refractivity contribution in [2.45, 2.75) is 62.9 Å². The van der Waals surface area contributed by atoms with E-state index in [2.05, 4.69) is 0 Å². The topological polar surface area (TPSA) is 83.5 Å². The molecule has 5 rings (SSSR count). The number of ether oxygens (including phenoxy) is 5. The first-order valence-corrected chi connectivity index (χ1v) is 12.5. The predicted molar refractivity (Wildman–Crippen MR) is 135 cm³/mol. The van der Waals surface area contributed by atoms with Crippen LogP contribution in [-0.2, 0) is 34.1 Å². The van der Waals surface area contributed by atoms with Crippen molar-refractivity contribution in [3.05, 3.63) is 108 Å². The van der Waals surface area contributed by atoms with Gasteiger partial charge < -0.3 is 28.8 Å². The van der Waals surface area contributed by atoms with Crippen molar-refractivity contribution in [2.24, 2.45) is 0 Å². The quantitative estimate of drug-likeness (QED) is 0.364. The number of benzene rings is 3. The summed E-state index contributed by atoms with van der Waals surface area (Å²) in [6.45, 7) is 4.74. The maximum Gasteiger partial charge on any atom is 0.303 e. The molecule has 0 bridgehead atoms. The molecule has 2 aliphatic heterocycles. The molecule has 3 aromatic carbocycles. The van der Waals surface area contributed by atoms with Crippen molar-refractivity contribution in [1.29, 1.82) is 0 Å². The van der Waals surface area contributed by atoms with Crippen molar-refractivity contribution >= 4 is 5.97 Å². The summed E-state index contributed by atoms with van der Waals surface area (Å²) >= 11 is 0. The highest BCUT2D eigenvalue weighted by atomic mass is 16.8. The van der Waals surface area contributed by atoms with Gasteiger partial charge in [-0.25, -0.2) is 0 Å². The Labute approximate surface area is 216 Å². The van der Waals surface area contributed by atoms with Crippen LogP contribution in [0.2, 0.25) is 0 Å². The molecule has 0 spiro atoms. The Morgan fingerprint density at radius 1 is 0.892 bits per heavy atom. The Hall–Kier alpha value is -3.07. The normalized spacial score (nSPS) is 25.4. The average molecular weight is 505 g/mol. The zero-order valence-corrected chi connectivity index (χ0v) is 21.2. The van der Waals surface area contributed by atoms with E-state index >= 15 is 0 Å². The number of hydrogen-bond acceptors (Lipinski definition) is 7. The molecule has 0 aliphatic carbocycles. The van der Waals surface area contributed by atoms with Crippen LogP contribution in [0.3, 0.4) is 0 Å². The molecule has 2 fully saturated rings. The van der Waals surface area contributed by atoms with Crippen molar-refractivity contribution in [3.63, 3.8) is 0 Å². The van der Waals surface area contributed by atoms with Gasteiger partial charge in [-0.05, 0) is 30.5 Å². The van der Waals surface area contributed by atoms with Crippen LogP contribution in [0, 0.1) is 0 Å². The summed E-state index contributed by atoms with van der Waals surface area (Å²) in [5.41, 5.74) is 1.72. The first-order chi connectivity index (χ1) is 17.8. The Bertz CT molecular complexity index is 1090. The van der Waals surface area contributed by atoms with Crippen molar-refractivity contribution in [2.75, 3.05) is 6.61 Å². The van der Waals surface area contributed by atoms with E-state index in [1.165, 1.54) is 6.92 Å². The molecular weight excluding hydrogens is 472 g/mol. The minimum Gasteiger partial charge on any atom is -0.457 e. The smallest absolute Gasteiger partial charge is 0.303 e. The largest absolute Gasteiger partial charge is 0.457 e. The number of hydrogen-bond donors (Lipinski definition) is 1. The number of esters is 1. The lowest BCUT2D eigenvalue weighted by molar-refractivity contribution is -0.233. The van der Waals surface area contributed by atoms with E-state index in [9.17, 15) is 9.90 Å². The molecule has 2 aliphatic rings. The van der Waals surface area contributed by atoms with E-state index in [-0.39, 0.29) is 6.61 Å². The second-order valence-electron chi connectivity index (χ2n) is 9.80. The molecular formula is C30H32O7. The molecule has 7 nitrogen and oxygen atoms in total. The lowest BCUT2D eigenvalue weighted by atomic mass is 9.80. The Morgan fingerprint density at radius 2 is 1.38 bits per heavy atom. The van der Waals surface area contributed by atoms with Gasteiger partial charge in [0.2, 0.25) is 0 Å². The van der Waals surface area contributed by atoms with Gasteiger partial charge in [-0.3, -0.25) is 4.79 Å². The average Bonchev–Trinajstić information content (AvgIpc) is 3.38. The zero-order chi connectivity index (χ0) is 26.0.